The SMILES string of the molecule is CCCN1[C@@H]2c3ccc(-c4ccccc4OC)c(=O)n3C[C@@H]2[C@@H](CO)[C@@H]1C(=O)Nc1nccs1. The summed E-state index contributed by atoms with van der Waals surface area (Å²) in [6.45, 7) is 3.10. The van der Waals surface area contributed by atoms with Crippen molar-refractivity contribution in [3.8, 4) is 16.9 Å². The highest BCUT2D eigenvalue weighted by molar-refractivity contribution is 7.13. The molecule has 0 aliphatic carbocycles. The summed E-state index contributed by atoms with van der Waals surface area (Å²) in [5.41, 5.74) is 2.16. The van der Waals surface area contributed by atoms with E-state index in [1.165, 1.54) is 11.3 Å². The lowest BCUT2D eigenvalue weighted by Gasteiger charge is -2.30. The molecule has 8 nitrogen and oxygen atoms in total. The van der Waals surface area contributed by atoms with Gasteiger partial charge in [0.2, 0.25) is 5.91 Å². The fourth-order valence-electron chi connectivity index (χ4n) is 5.66. The van der Waals surface area contributed by atoms with Crippen LogP contribution in [0, 0.1) is 11.8 Å². The third kappa shape index (κ3) is 3.64. The number of aliphatic hydroxyl groups excluding tert-OH is 1. The number of amides is 1. The van der Waals surface area contributed by atoms with Gasteiger partial charge < -0.3 is 19.7 Å². The molecule has 9 heteroatoms. The number of anilines is 1. The number of benzene rings is 1. The molecule has 3 aromatic rings. The third-order valence-electron chi connectivity index (χ3n) is 7.00. The van der Waals surface area contributed by atoms with E-state index in [9.17, 15) is 14.7 Å². The number of carbonyl (C=O) groups excluding carboxylic acids is 1. The van der Waals surface area contributed by atoms with Crippen LogP contribution in [0.25, 0.3) is 11.1 Å². The van der Waals surface area contributed by atoms with E-state index in [0.717, 1.165) is 17.7 Å². The molecule has 2 aromatic heterocycles. The van der Waals surface area contributed by atoms with Gasteiger partial charge in [-0.2, -0.15) is 0 Å². The summed E-state index contributed by atoms with van der Waals surface area (Å²) in [5.74, 6) is 0.171. The maximum Gasteiger partial charge on any atom is 0.258 e. The summed E-state index contributed by atoms with van der Waals surface area (Å²) in [4.78, 5) is 33.2. The van der Waals surface area contributed by atoms with Crippen molar-refractivity contribution >= 4 is 22.4 Å². The van der Waals surface area contributed by atoms with Gasteiger partial charge in [-0.15, -0.1) is 11.3 Å². The molecule has 0 spiro atoms. The largest absolute Gasteiger partial charge is 0.496 e. The van der Waals surface area contributed by atoms with Crippen LogP contribution >= 0.6 is 11.3 Å². The second-order valence-corrected chi connectivity index (χ2v) is 9.65. The molecule has 178 valence electrons. The molecule has 2 N–H and O–H groups in total. The number of para-hydroxylation sites is 1. The van der Waals surface area contributed by atoms with Crippen molar-refractivity contribution in [3.05, 3.63) is 64.0 Å². The minimum Gasteiger partial charge on any atom is -0.496 e. The number of aromatic nitrogens is 2. The number of carbonyl (C=O) groups is 1. The van der Waals surface area contributed by atoms with Crippen molar-refractivity contribution in [1.82, 2.24) is 14.5 Å². The number of pyridine rings is 1. The Hall–Kier alpha value is -3.01. The number of fused-ring (bicyclic) bond motifs is 3. The molecule has 1 fully saturated rings. The maximum absolute atomic E-state index is 13.6. The average molecular weight is 481 g/mol. The van der Waals surface area contributed by atoms with Crippen molar-refractivity contribution in [2.24, 2.45) is 11.8 Å². The Bertz CT molecular complexity index is 1240. The van der Waals surface area contributed by atoms with E-state index < -0.39 is 6.04 Å². The summed E-state index contributed by atoms with van der Waals surface area (Å²) < 4.78 is 7.29. The molecule has 34 heavy (non-hydrogen) atoms. The number of thiazole rings is 1. The van der Waals surface area contributed by atoms with Crippen molar-refractivity contribution in [2.45, 2.75) is 32.0 Å². The van der Waals surface area contributed by atoms with Crippen molar-refractivity contribution in [1.29, 1.82) is 0 Å². The third-order valence-corrected chi connectivity index (χ3v) is 7.69. The molecule has 5 rings (SSSR count). The average Bonchev–Trinajstić information content (AvgIpc) is 3.56. The number of hydrogen-bond acceptors (Lipinski definition) is 7. The Morgan fingerprint density at radius 3 is 2.79 bits per heavy atom. The monoisotopic (exact) mass is 480 g/mol. The van der Waals surface area contributed by atoms with Gasteiger partial charge in [0.1, 0.15) is 5.75 Å². The van der Waals surface area contributed by atoms with Gasteiger partial charge in [-0.25, -0.2) is 4.98 Å². The van der Waals surface area contributed by atoms with Crippen LogP contribution in [0.1, 0.15) is 25.1 Å². The van der Waals surface area contributed by atoms with Gasteiger partial charge in [-0.3, -0.25) is 14.5 Å². The molecule has 0 unspecified atom stereocenters. The summed E-state index contributed by atoms with van der Waals surface area (Å²) in [5, 5.41) is 15.7. The van der Waals surface area contributed by atoms with E-state index in [2.05, 4.69) is 22.1 Å². The topological polar surface area (TPSA) is 96.7 Å². The number of nitrogens with zero attached hydrogens (tertiary/aromatic N) is 3. The molecule has 2 aliphatic heterocycles. The zero-order valence-corrected chi connectivity index (χ0v) is 20.0. The lowest BCUT2D eigenvalue weighted by Crippen LogP contribution is -2.46. The van der Waals surface area contributed by atoms with E-state index in [1.807, 2.05) is 46.3 Å². The molecule has 4 heterocycles. The molecule has 0 radical (unpaired) electrons. The van der Waals surface area contributed by atoms with E-state index in [0.29, 0.717) is 29.5 Å². The normalized spacial score (nSPS) is 23.5. The zero-order valence-electron chi connectivity index (χ0n) is 19.2. The summed E-state index contributed by atoms with van der Waals surface area (Å²) in [6, 6.07) is 10.8. The smallest absolute Gasteiger partial charge is 0.258 e. The number of methoxy groups -OCH3 is 1. The van der Waals surface area contributed by atoms with Crippen LogP contribution in [-0.2, 0) is 11.3 Å². The molecule has 1 aromatic carbocycles. The maximum atomic E-state index is 13.6. The van der Waals surface area contributed by atoms with Crippen LogP contribution in [-0.4, -0.2) is 51.8 Å². The second kappa shape index (κ2) is 9.32. The van der Waals surface area contributed by atoms with Gasteiger partial charge in [0.25, 0.3) is 5.56 Å². The van der Waals surface area contributed by atoms with E-state index in [1.54, 1.807) is 13.3 Å². The lowest BCUT2D eigenvalue weighted by atomic mass is 9.88. The lowest BCUT2D eigenvalue weighted by molar-refractivity contribution is -0.122. The zero-order chi connectivity index (χ0) is 23.8. The summed E-state index contributed by atoms with van der Waals surface area (Å²) in [7, 11) is 1.60. The molecular weight excluding hydrogens is 452 g/mol. The fraction of sp³-hybridized carbons (Fsp3) is 0.400. The van der Waals surface area contributed by atoms with Crippen LogP contribution in [0.4, 0.5) is 5.13 Å². The first-order chi connectivity index (χ1) is 16.6. The van der Waals surface area contributed by atoms with Gasteiger partial charge in [-0.05, 0) is 31.2 Å². The quantitative estimate of drug-likeness (QED) is 0.540. The highest BCUT2D eigenvalue weighted by Crippen LogP contribution is 2.49. The number of rotatable bonds is 7. The summed E-state index contributed by atoms with van der Waals surface area (Å²) >= 11 is 1.37. The van der Waals surface area contributed by atoms with Gasteiger partial charge in [0.15, 0.2) is 5.13 Å². The first kappa shape index (κ1) is 22.8. The van der Waals surface area contributed by atoms with Gasteiger partial charge in [-0.1, -0.05) is 25.1 Å². The molecule has 4 atom stereocenters. The van der Waals surface area contributed by atoms with E-state index >= 15 is 0 Å². The number of nitrogens with one attached hydrogen (secondary N) is 1. The molecular formula is C25H28N4O4S. The fourth-order valence-corrected chi connectivity index (χ4v) is 6.19. The number of likely N-dealkylation sites (tertiary alicyclic amines) is 1. The van der Waals surface area contributed by atoms with Crippen molar-refractivity contribution < 1.29 is 14.6 Å². The Balaban J connectivity index is 1.54. The standard InChI is InChI=1S/C25H28N4O4S/c1-3-11-28-21-17(18(14-30)22(28)23(31)27-25-26-10-12-34-25)13-29-19(21)9-8-16(24(29)32)15-6-4-5-7-20(15)33-2/h4-10,12,17-18,21-22,30H,3,11,13-14H2,1-2H3,(H,26,27,31)/t17-,18-,21+,22-/m1/s1. The Morgan fingerprint density at radius 1 is 1.26 bits per heavy atom. The molecule has 0 bridgehead atoms. The van der Waals surface area contributed by atoms with Crippen LogP contribution < -0.4 is 15.6 Å². The van der Waals surface area contributed by atoms with Crippen molar-refractivity contribution in [2.75, 3.05) is 25.6 Å². The first-order valence-corrected chi connectivity index (χ1v) is 12.4. The Labute approximate surface area is 201 Å². The minimum absolute atomic E-state index is 0.0378. The van der Waals surface area contributed by atoms with Gasteiger partial charge >= 0.3 is 0 Å². The van der Waals surface area contributed by atoms with Crippen molar-refractivity contribution in [3.63, 3.8) is 0 Å². The molecule has 2 aliphatic rings. The predicted octanol–water partition coefficient (Wildman–Crippen LogP) is 2.99. The highest BCUT2D eigenvalue weighted by Gasteiger charge is 2.55. The van der Waals surface area contributed by atoms with Crippen LogP contribution in [0.5, 0.6) is 5.75 Å². The van der Waals surface area contributed by atoms with Gasteiger partial charge in [0.05, 0.1) is 24.8 Å². The number of hydrogen-bond donors (Lipinski definition) is 2. The van der Waals surface area contributed by atoms with Crippen LogP contribution in [0.2, 0.25) is 0 Å². The predicted molar refractivity (Wildman–Crippen MR) is 131 cm³/mol. The van der Waals surface area contributed by atoms with E-state index in [4.69, 9.17) is 4.74 Å². The Kier molecular flexibility index (Phi) is 6.24. The Morgan fingerprint density at radius 2 is 2.09 bits per heavy atom. The molecule has 1 amide bonds. The second-order valence-electron chi connectivity index (χ2n) is 8.75. The van der Waals surface area contributed by atoms with Crippen LogP contribution in [0.15, 0.2) is 52.8 Å². The van der Waals surface area contributed by atoms with Gasteiger partial charge in [0, 0.05) is 47.8 Å². The molecule has 0 saturated carbocycles. The minimum atomic E-state index is -0.485. The molecule has 1 saturated heterocycles. The first-order valence-electron chi connectivity index (χ1n) is 11.5. The number of aliphatic hydroxyl groups is 1. The number of ether oxygens (including phenoxy) is 1. The summed E-state index contributed by atoms with van der Waals surface area (Å²) in [6.07, 6.45) is 2.50. The van der Waals surface area contributed by atoms with E-state index in [-0.39, 0.29) is 36.0 Å². The van der Waals surface area contributed by atoms with Crippen LogP contribution in [0.3, 0.4) is 0 Å². The highest BCUT2D eigenvalue weighted by atomic mass is 32.1.